The molecule has 1 heterocycles. The molecule has 3 rings (SSSR count). The minimum Gasteiger partial charge on any atom is -0.497 e. The summed E-state index contributed by atoms with van der Waals surface area (Å²) in [6.45, 7) is 4.44. The first-order chi connectivity index (χ1) is 14.0. The lowest BCUT2D eigenvalue weighted by molar-refractivity contribution is -0.140. The average Bonchev–Trinajstić information content (AvgIpc) is 3.23. The van der Waals surface area contributed by atoms with Crippen molar-refractivity contribution in [1.82, 2.24) is 10.2 Å². The van der Waals surface area contributed by atoms with Gasteiger partial charge in [-0.05, 0) is 42.3 Å². The van der Waals surface area contributed by atoms with Gasteiger partial charge in [0.2, 0.25) is 18.6 Å². The highest BCUT2D eigenvalue weighted by atomic mass is 16.7. The van der Waals surface area contributed by atoms with Crippen molar-refractivity contribution in [3.63, 3.8) is 0 Å². The molecular formula is C22H26N2O5. The molecular weight excluding hydrogens is 372 g/mol. The minimum atomic E-state index is -0.599. The van der Waals surface area contributed by atoms with E-state index in [1.54, 1.807) is 25.9 Å². The van der Waals surface area contributed by atoms with Crippen LogP contribution in [0.15, 0.2) is 42.5 Å². The van der Waals surface area contributed by atoms with E-state index in [-0.39, 0.29) is 18.6 Å². The summed E-state index contributed by atoms with van der Waals surface area (Å²) in [5.41, 5.74) is 1.83. The second-order valence-corrected chi connectivity index (χ2v) is 6.80. The van der Waals surface area contributed by atoms with Crippen molar-refractivity contribution in [2.75, 3.05) is 13.9 Å². The Morgan fingerprint density at radius 1 is 1.10 bits per heavy atom. The van der Waals surface area contributed by atoms with Gasteiger partial charge in [0, 0.05) is 19.5 Å². The van der Waals surface area contributed by atoms with Gasteiger partial charge in [-0.1, -0.05) is 25.1 Å². The number of ether oxygens (including phenoxy) is 3. The smallest absolute Gasteiger partial charge is 0.242 e. The number of amides is 2. The number of carbonyl (C=O) groups excluding carboxylic acids is 2. The molecule has 0 spiro atoms. The van der Waals surface area contributed by atoms with Crippen molar-refractivity contribution < 1.29 is 23.8 Å². The van der Waals surface area contributed by atoms with Gasteiger partial charge in [0.05, 0.1) is 7.11 Å². The lowest BCUT2D eigenvalue weighted by Gasteiger charge is -2.28. The summed E-state index contributed by atoms with van der Waals surface area (Å²) in [5.74, 6) is 1.83. The molecule has 0 aromatic heterocycles. The third-order valence-electron chi connectivity index (χ3n) is 4.89. The molecule has 1 unspecified atom stereocenters. The highest BCUT2D eigenvalue weighted by Crippen LogP contribution is 2.32. The second-order valence-electron chi connectivity index (χ2n) is 6.80. The van der Waals surface area contributed by atoms with Crippen molar-refractivity contribution in [3.05, 3.63) is 53.6 Å². The van der Waals surface area contributed by atoms with E-state index in [4.69, 9.17) is 14.2 Å². The van der Waals surface area contributed by atoms with Crippen LogP contribution in [-0.2, 0) is 22.7 Å². The monoisotopic (exact) mass is 398 g/mol. The van der Waals surface area contributed by atoms with Crippen LogP contribution < -0.4 is 19.5 Å². The van der Waals surface area contributed by atoms with Gasteiger partial charge in [-0.3, -0.25) is 9.59 Å². The largest absolute Gasteiger partial charge is 0.497 e. The lowest BCUT2D eigenvalue weighted by atomic mass is 10.1. The fourth-order valence-electron chi connectivity index (χ4n) is 3.10. The molecule has 0 saturated carbocycles. The zero-order valence-electron chi connectivity index (χ0n) is 16.9. The molecule has 1 atom stereocenters. The summed E-state index contributed by atoms with van der Waals surface area (Å²) >= 11 is 0. The Balaban J connectivity index is 1.63. The molecule has 2 aromatic rings. The van der Waals surface area contributed by atoms with Crippen LogP contribution in [0.4, 0.5) is 0 Å². The van der Waals surface area contributed by atoms with Crippen molar-refractivity contribution >= 4 is 11.8 Å². The van der Waals surface area contributed by atoms with E-state index >= 15 is 0 Å². The van der Waals surface area contributed by atoms with Gasteiger partial charge in [0.15, 0.2) is 11.5 Å². The number of rotatable bonds is 8. The van der Waals surface area contributed by atoms with Crippen LogP contribution in [0.2, 0.25) is 0 Å². The van der Waals surface area contributed by atoms with Gasteiger partial charge >= 0.3 is 0 Å². The molecule has 2 aromatic carbocycles. The minimum absolute atomic E-state index is 0.0773. The average molecular weight is 398 g/mol. The van der Waals surface area contributed by atoms with Crippen molar-refractivity contribution in [1.29, 1.82) is 0 Å². The number of nitrogens with zero attached hydrogens (tertiary/aromatic N) is 1. The normalized spacial score (nSPS) is 12.9. The molecule has 7 nitrogen and oxygen atoms in total. The fraction of sp³-hybridized carbons (Fsp3) is 0.364. The molecule has 1 N–H and O–H groups in total. The first-order valence-corrected chi connectivity index (χ1v) is 9.60. The zero-order chi connectivity index (χ0) is 20.8. The summed E-state index contributed by atoms with van der Waals surface area (Å²) in [5, 5.41) is 2.90. The maximum absolute atomic E-state index is 12.7. The fourth-order valence-corrected chi connectivity index (χ4v) is 3.10. The zero-order valence-corrected chi connectivity index (χ0v) is 16.9. The van der Waals surface area contributed by atoms with Gasteiger partial charge < -0.3 is 24.4 Å². The molecule has 154 valence electrons. The van der Waals surface area contributed by atoms with Gasteiger partial charge in [-0.15, -0.1) is 0 Å². The first kappa shape index (κ1) is 20.5. The number of hydrogen-bond donors (Lipinski definition) is 1. The van der Waals surface area contributed by atoms with Crippen LogP contribution in [0.3, 0.4) is 0 Å². The van der Waals surface area contributed by atoms with Crippen LogP contribution in [0.5, 0.6) is 17.2 Å². The number of fused-ring (bicyclic) bond motifs is 1. The predicted octanol–water partition coefficient (Wildman–Crippen LogP) is 2.87. The maximum atomic E-state index is 12.7. The molecule has 7 heteroatoms. The quantitative estimate of drug-likeness (QED) is 0.740. The summed E-state index contributed by atoms with van der Waals surface area (Å²) < 4.78 is 15.8. The second kappa shape index (κ2) is 9.32. The van der Waals surface area contributed by atoms with Crippen LogP contribution in [0.1, 0.15) is 31.4 Å². The maximum Gasteiger partial charge on any atom is 0.242 e. The summed E-state index contributed by atoms with van der Waals surface area (Å²) in [6, 6.07) is 12.4. The number of hydrogen-bond acceptors (Lipinski definition) is 5. The van der Waals surface area contributed by atoms with E-state index in [1.165, 1.54) is 0 Å². The van der Waals surface area contributed by atoms with Gasteiger partial charge in [0.25, 0.3) is 0 Å². The van der Waals surface area contributed by atoms with Gasteiger partial charge in [0.1, 0.15) is 11.8 Å². The van der Waals surface area contributed by atoms with Crippen LogP contribution in [-0.4, -0.2) is 36.7 Å². The summed E-state index contributed by atoms with van der Waals surface area (Å²) in [7, 11) is 1.61. The van der Waals surface area contributed by atoms with E-state index in [2.05, 4.69) is 5.32 Å². The van der Waals surface area contributed by atoms with E-state index < -0.39 is 6.04 Å². The summed E-state index contributed by atoms with van der Waals surface area (Å²) in [6.07, 6.45) is 0.329. The summed E-state index contributed by atoms with van der Waals surface area (Å²) in [4.78, 5) is 26.8. The number of methoxy groups -OCH3 is 1. The van der Waals surface area contributed by atoms with Crippen molar-refractivity contribution in [2.24, 2.45) is 0 Å². The first-order valence-electron chi connectivity index (χ1n) is 9.60. The molecule has 1 aliphatic rings. The van der Waals surface area contributed by atoms with Gasteiger partial charge in [-0.2, -0.15) is 0 Å². The molecule has 29 heavy (non-hydrogen) atoms. The molecule has 2 amide bonds. The Hall–Kier alpha value is -3.22. The Morgan fingerprint density at radius 2 is 1.79 bits per heavy atom. The molecule has 0 radical (unpaired) electrons. The van der Waals surface area contributed by atoms with E-state index in [1.807, 2.05) is 42.5 Å². The third-order valence-corrected chi connectivity index (χ3v) is 4.89. The van der Waals surface area contributed by atoms with Crippen LogP contribution in [0.25, 0.3) is 0 Å². The predicted molar refractivity (Wildman–Crippen MR) is 108 cm³/mol. The standard InChI is InChI=1S/C22H26N2O5/c1-4-21(25)24(13-16-5-8-18(27-3)9-6-16)15(2)22(26)23-12-17-7-10-19-20(11-17)29-14-28-19/h5-11,15H,4,12-14H2,1-3H3,(H,23,26). The van der Waals surface area contributed by atoms with Gasteiger partial charge in [-0.25, -0.2) is 0 Å². The Bertz CT molecular complexity index is 866. The number of nitrogens with one attached hydrogen (secondary N) is 1. The molecule has 0 saturated heterocycles. The molecule has 0 fully saturated rings. The topological polar surface area (TPSA) is 77.1 Å². The Morgan fingerprint density at radius 3 is 2.48 bits per heavy atom. The van der Waals surface area contributed by atoms with Crippen molar-refractivity contribution in [3.8, 4) is 17.2 Å². The third kappa shape index (κ3) is 4.99. The molecule has 0 aliphatic carbocycles. The Kier molecular flexibility index (Phi) is 6.59. The van der Waals surface area contributed by atoms with E-state index in [9.17, 15) is 9.59 Å². The van der Waals surface area contributed by atoms with Crippen LogP contribution >= 0.6 is 0 Å². The SMILES string of the molecule is CCC(=O)N(Cc1ccc(OC)cc1)C(C)C(=O)NCc1ccc2c(c1)OCO2. The number of carbonyl (C=O) groups is 2. The van der Waals surface area contributed by atoms with Crippen molar-refractivity contribution in [2.45, 2.75) is 39.4 Å². The molecule has 0 bridgehead atoms. The Labute approximate surface area is 170 Å². The molecule has 1 aliphatic heterocycles. The lowest BCUT2D eigenvalue weighted by Crippen LogP contribution is -2.47. The number of benzene rings is 2. The van der Waals surface area contributed by atoms with E-state index in [0.29, 0.717) is 31.0 Å². The highest BCUT2D eigenvalue weighted by molar-refractivity contribution is 5.87. The van der Waals surface area contributed by atoms with Crippen LogP contribution in [0, 0.1) is 0 Å². The van der Waals surface area contributed by atoms with E-state index in [0.717, 1.165) is 16.9 Å². The highest BCUT2D eigenvalue weighted by Gasteiger charge is 2.25.